The lowest BCUT2D eigenvalue weighted by Gasteiger charge is -2.15. The summed E-state index contributed by atoms with van der Waals surface area (Å²) in [5.41, 5.74) is 2.95. The highest BCUT2D eigenvalue weighted by Crippen LogP contribution is 2.20. The van der Waals surface area contributed by atoms with Crippen molar-refractivity contribution < 1.29 is 19.1 Å². The van der Waals surface area contributed by atoms with Gasteiger partial charge in [-0.1, -0.05) is 35.9 Å². The minimum atomic E-state index is -0.597. The van der Waals surface area contributed by atoms with E-state index in [2.05, 4.69) is 5.32 Å². The number of nitrogens with one attached hydrogen (secondary N) is 1. The summed E-state index contributed by atoms with van der Waals surface area (Å²) in [6.07, 6.45) is 0. The van der Waals surface area contributed by atoms with Gasteiger partial charge in [0.15, 0.2) is 13.2 Å². The van der Waals surface area contributed by atoms with Crippen LogP contribution in [0, 0.1) is 13.8 Å². The van der Waals surface area contributed by atoms with Gasteiger partial charge in [0.05, 0.1) is 6.04 Å². The number of hydrogen-bond donors (Lipinski definition) is 1. The molecular weight excluding hydrogens is 354 g/mol. The van der Waals surface area contributed by atoms with Crippen LogP contribution in [0.3, 0.4) is 0 Å². The van der Waals surface area contributed by atoms with Crippen molar-refractivity contribution in [3.8, 4) is 5.75 Å². The molecule has 138 valence electrons. The summed E-state index contributed by atoms with van der Waals surface area (Å²) in [7, 11) is 0. The van der Waals surface area contributed by atoms with E-state index < -0.39 is 5.97 Å². The van der Waals surface area contributed by atoms with Crippen molar-refractivity contribution in [3.05, 3.63) is 64.2 Å². The molecule has 0 fully saturated rings. The molecule has 0 bridgehead atoms. The summed E-state index contributed by atoms with van der Waals surface area (Å²) in [5, 5.41) is 3.39. The largest absolute Gasteiger partial charge is 0.482 e. The maximum Gasteiger partial charge on any atom is 0.344 e. The van der Waals surface area contributed by atoms with Crippen LogP contribution in [0.25, 0.3) is 0 Å². The minimum Gasteiger partial charge on any atom is -0.482 e. The number of rotatable bonds is 7. The maximum atomic E-state index is 11.9. The lowest BCUT2D eigenvalue weighted by molar-refractivity contribution is -0.150. The molecular formula is C20H22ClNO4. The summed E-state index contributed by atoms with van der Waals surface area (Å²) in [5.74, 6) is -0.351. The molecule has 0 aliphatic carbocycles. The highest BCUT2D eigenvalue weighted by atomic mass is 35.5. The Labute approximate surface area is 158 Å². The van der Waals surface area contributed by atoms with Crippen LogP contribution in [-0.4, -0.2) is 25.1 Å². The zero-order valence-electron chi connectivity index (χ0n) is 15.0. The van der Waals surface area contributed by atoms with Crippen molar-refractivity contribution >= 4 is 23.5 Å². The summed E-state index contributed by atoms with van der Waals surface area (Å²) < 4.78 is 10.4. The molecule has 5 nitrogen and oxygen atoms in total. The smallest absolute Gasteiger partial charge is 0.344 e. The van der Waals surface area contributed by atoms with E-state index in [0.29, 0.717) is 10.8 Å². The van der Waals surface area contributed by atoms with Gasteiger partial charge in [-0.05, 0) is 55.7 Å². The van der Waals surface area contributed by atoms with Gasteiger partial charge in [0.1, 0.15) is 5.75 Å². The molecule has 0 saturated heterocycles. The third-order valence-corrected chi connectivity index (χ3v) is 4.26. The summed E-state index contributed by atoms with van der Waals surface area (Å²) in [4.78, 5) is 23.7. The first-order valence-electron chi connectivity index (χ1n) is 8.26. The van der Waals surface area contributed by atoms with Crippen molar-refractivity contribution in [1.29, 1.82) is 0 Å². The van der Waals surface area contributed by atoms with Crippen molar-refractivity contribution in [2.75, 3.05) is 13.2 Å². The van der Waals surface area contributed by atoms with Crippen molar-refractivity contribution in [2.45, 2.75) is 26.8 Å². The van der Waals surface area contributed by atoms with Crippen LogP contribution in [0.15, 0.2) is 42.5 Å². The predicted molar refractivity (Wildman–Crippen MR) is 100 cm³/mol. The average molecular weight is 376 g/mol. The molecule has 1 N–H and O–H groups in total. The Balaban J connectivity index is 1.75. The van der Waals surface area contributed by atoms with Crippen LogP contribution < -0.4 is 10.1 Å². The first-order chi connectivity index (χ1) is 12.4. The van der Waals surface area contributed by atoms with Crippen molar-refractivity contribution in [3.63, 3.8) is 0 Å². The Bertz CT molecular complexity index is 774. The Morgan fingerprint density at radius 1 is 1.08 bits per heavy atom. The Hall–Kier alpha value is -2.53. The Morgan fingerprint density at radius 3 is 2.46 bits per heavy atom. The predicted octanol–water partition coefficient (Wildman–Crippen LogP) is 3.76. The molecule has 2 aromatic rings. The number of carbonyl (C=O) groups is 2. The first-order valence-corrected chi connectivity index (χ1v) is 8.64. The van der Waals surface area contributed by atoms with Gasteiger partial charge in [-0.3, -0.25) is 4.79 Å². The molecule has 0 heterocycles. The van der Waals surface area contributed by atoms with Gasteiger partial charge >= 0.3 is 5.97 Å². The number of halogens is 1. The molecule has 0 saturated carbocycles. The highest BCUT2D eigenvalue weighted by Gasteiger charge is 2.13. The van der Waals surface area contributed by atoms with Gasteiger partial charge in [0.2, 0.25) is 0 Å². The average Bonchev–Trinajstić information content (AvgIpc) is 2.61. The monoisotopic (exact) mass is 375 g/mol. The SMILES string of the molecule is Cc1cccc(OCC(=O)OCC(=O)N[C@H](C)c2ccc(Cl)cc2)c1C. The van der Waals surface area contributed by atoms with Crippen LogP contribution >= 0.6 is 11.6 Å². The number of esters is 1. The second kappa shape index (κ2) is 9.25. The normalized spacial score (nSPS) is 11.5. The number of ether oxygens (including phenoxy) is 2. The molecule has 2 aromatic carbocycles. The zero-order valence-corrected chi connectivity index (χ0v) is 15.8. The highest BCUT2D eigenvalue weighted by molar-refractivity contribution is 6.30. The van der Waals surface area contributed by atoms with Crippen LogP contribution in [0.4, 0.5) is 0 Å². The number of carbonyl (C=O) groups excluding carboxylic acids is 2. The molecule has 2 rings (SSSR count). The molecule has 1 amide bonds. The molecule has 0 unspecified atom stereocenters. The minimum absolute atomic E-state index is 0.218. The molecule has 0 aromatic heterocycles. The molecule has 0 spiro atoms. The molecule has 0 aliphatic heterocycles. The van der Waals surface area contributed by atoms with E-state index in [4.69, 9.17) is 21.1 Å². The number of amides is 1. The number of aryl methyl sites for hydroxylation is 1. The third-order valence-electron chi connectivity index (χ3n) is 4.01. The lowest BCUT2D eigenvalue weighted by Crippen LogP contribution is -2.31. The van der Waals surface area contributed by atoms with Crippen LogP contribution in [0.2, 0.25) is 5.02 Å². The van der Waals surface area contributed by atoms with Crippen LogP contribution in [-0.2, 0) is 14.3 Å². The van der Waals surface area contributed by atoms with Gasteiger partial charge in [-0.2, -0.15) is 0 Å². The Morgan fingerprint density at radius 2 is 1.77 bits per heavy atom. The van der Waals surface area contributed by atoms with E-state index in [0.717, 1.165) is 16.7 Å². The molecule has 6 heteroatoms. The van der Waals surface area contributed by atoms with Gasteiger partial charge in [-0.15, -0.1) is 0 Å². The maximum absolute atomic E-state index is 11.9. The molecule has 0 radical (unpaired) electrons. The van der Waals surface area contributed by atoms with Crippen molar-refractivity contribution in [1.82, 2.24) is 5.32 Å². The number of benzene rings is 2. The first kappa shape index (κ1) is 19.8. The second-order valence-electron chi connectivity index (χ2n) is 5.99. The van der Waals surface area contributed by atoms with Gasteiger partial charge < -0.3 is 14.8 Å². The zero-order chi connectivity index (χ0) is 19.1. The van der Waals surface area contributed by atoms with E-state index >= 15 is 0 Å². The van der Waals surface area contributed by atoms with Gasteiger partial charge in [0, 0.05) is 5.02 Å². The molecule has 0 aliphatic rings. The Kier molecular flexibility index (Phi) is 7.04. The van der Waals surface area contributed by atoms with E-state index in [1.807, 2.05) is 45.0 Å². The van der Waals surface area contributed by atoms with Crippen molar-refractivity contribution in [2.24, 2.45) is 0 Å². The summed E-state index contributed by atoms with van der Waals surface area (Å²) in [6.45, 7) is 5.12. The molecule has 1 atom stereocenters. The fraction of sp³-hybridized carbons (Fsp3) is 0.300. The summed E-state index contributed by atoms with van der Waals surface area (Å²) >= 11 is 5.84. The van der Waals surface area contributed by atoms with Gasteiger partial charge in [0.25, 0.3) is 5.91 Å². The van der Waals surface area contributed by atoms with E-state index in [1.165, 1.54) is 0 Å². The van der Waals surface area contributed by atoms with E-state index in [1.54, 1.807) is 18.2 Å². The van der Waals surface area contributed by atoms with Crippen LogP contribution in [0.1, 0.15) is 29.7 Å². The molecule has 26 heavy (non-hydrogen) atoms. The standard InChI is InChI=1S/C20H22ClNO4/c1-13-5-4-6-18(14(13)2)25-12-20(24)26-11-19(23)22-15(3)16-7-9-17(21)10-8-16/h4-10,15H,11-12H2,1-3H3,(H,22,23)/t15-/m1/s1. The fourth-order valence-corrected chi connectivity index (χ4v) is 2.45. The van der Waals surface area contributed by atoms with Crippen LogP contribution in [0.5, 0.6) is 5.75 Å². The second-order valence-corrected chi connectivity index (χ2v) is 6.42. The fourth-order valence-electron chi connectivity index (χ4n) is 2.32. The van der Waals surface area contributed by atoms with Gasteiger partial charge in [-0.25, -0.2) is 4.79 Å². The van der Waals surface area contributed by atoms with E-state index in [9.17, 15) is 9.59 Å². The van der Waals surface area contributed by atoms with E-state index in [-0.39, 0.29) is 25.2 Å². The third kappa shape index (κ3) is 5.77. The summed E-state index contributed by atoms with van der Waals surface area (Å²) in [6, 6.07) is 12.6. The topological polar surface area (TPSA) is 64.6 Å². The quantitative estimate of drug-likeness (QED) is 0.748. The lowest BCUT2D eigenvalue weighted by atomic mass is 10.1. The number of hydrogen-bond acceptors (Lipinski definition) is 4.